The molecule has 0 bridgehead atoms. The lowest BCUT2D eigenvalue weighted by Crippen LogP contribution is -2.22. The van der Waals surface area contributed by atoms with Crippen LogP contribution in [0.3, 0.4) is 0 Å². The molecule has 0 atom stereocenters. The van der Waals surface area contributed by atoms with E-state index in [2.05, 4.69) is 4.99 Å². The van der Waals surface area contributed by atoms with Crippen molar-refractivity contribution in [1.82, 2.24) is 4.57 Å². The summed E-state index contributed by atoms with van der Waals surface area (Å²) < 4.78 is 1.25. The molecule has 2 aromatic carbocycles. The maximum atomic E-state index is 12.6. The first-order valence-corrected chi connectivity index (χ1v) is 8.55. The fraction of sp³-hybridized carbons (Fsp3) is 0.105. The van der Waals surface area contributed by atoms with Crippen molar-refractivity contribution in [2.75, 3.05) is 0 Å². The van der Waals surface area contributed by atoms with Gasteiger partial charge in [-0.2, -0.15) is 0 Å². The van der Waals surface area contributed by atoms with E-state index in [4.69, 9.17) is 0 Å². The van der Waals surface area contributed by atoms with Crippen LogP contribution in [-0.2, 0) is 4.79 Å². The van der Waals surface area contributed by atoms with Gasteiger partial charge in [-0.05, 0) is 37.1 Å². The van der Waals surface area contributed by atoms with Crippen molar-refractivity contribution in [3.8, 4) is 11.6 Å². The van der Waals surface area contributed by atoms with Gasteiger partial charge in [0.15, 0.2) is 0 Å². The molecule has 25 heavy (non-hydrogen) atoms. The SMILES string of the molecule is Cc1cccc(-n2c(O)c(C3=c4ccccc4=NC3=O)sc2=O)c1C. The summed E-state index contributed by atoms with van der Waals surface area (Å²) in [4.78, 5) is 28.8. The van der Waals surface area contributed by atoms with Gasteiger partial charge in [-0.15, -0.1) is 0 Å². The summed E-state index contributed by atoms with van der Waals surface area (Å²) >= 11 is 0.855. The fourth-order valence-electron chi connectivity index (χ4n) is 3.00. The van der Waals surface area contributed by atoms with Crippen molar-refractivity contribution in [2.45, 2.75) is 13.8 Å². The van der Waals surface area contributed by atoms with Crippen LogP contribution in [0.2, 0.25) is 0 Å². The standard InChI is InChI=1S/C19H14N2O3S/c1-10-6-5-9-14(11(10)2)21-18(23)16(25-19(21)24)15-12-7-3-4-8-13(12)20-17(15)22/h3-9,23H,1-2H3. The molecule has 1 aliphatic heterocycles. The van der Waals surface area contributed by atoms with E-state index in [0.717, 1.165) is 22.5 Å². The third-order valence-electron chi connectivity index (χ3n) is 4.44. The van der Waals surface area contributed by atoms with E-state index in [1.54, 1.807) is 30.3 Å². The number of carbonyl (C=O) groups excluding carboxylic acids is 1. The predicted octanol–water partition coefficient (Wildman–Crippen LogP) is 1.58. The molecule has 0 saturated carbocycles. The highest BCUT2D eigenvalue weighted by molar-refractivity contribution is 7.11. The molecule has 3 aromatic rings. The van der Waals surface area contributed by atoms with Crippen LogP contribution in [0, 0.1) is 13.8 Å². The Bertz CT molecular complexity index is 1220. The number of hydrogen-bond donors (Lipinski definition) is 1. The molecule has 0 fully saturated rings. The zero-order valence-electron chi connectivity index (χ0n) is 13.6. The first kappa shape index (κ1) is 15.5. The van der Waals surface area contributed by atoms with Crippen LogP contribution in [0.15, 0.2) is 52.3 Å². The Morgan fingerprint density at radius 1 is 1.04 bits per heavy atom. The third-order valence-corrected chi connectivity index (χ3v) is 5.39. The van der Waals surface area contributed by atoms with Crippen LogP contribution in [0.5, 0.6) is 5.88 Å². The van der Waals surface area contributed by atoms with Gasteiger partial charge in [0, 0.05) is 5.22 Å². The summed E-state index contributed by atoms with van der Waals surface area (Å²) in [6.45, 7) is 3.84. The molecule has 2 heterocycles. The molecule has 0 spiro atoms. The average Bonchev–Trinajstić information content (AvgIpc) is 3.06. The molecule has 5 nitrogen and oxygen atoms in total. The quantitative estimate of drug-likeness (QED) is 0.763. The Balaban J connectivity index is 2.03. The van der Waals surface area contributed by atoms with Crippen molar-refractivity contribution in [1.29, 1.82) is 0 Å². The molecule has 0 unspecified atom stereocenters. The summed E-state index contributed by atoms with van der Waals surface area (Å²) in [5, 5.41) is 11.9. The first-order valence-electron chi connectivity index (χ1n) is 7.73. The van der Waals surface area contributed by atoms with Crippen LogP contribution in [0.25, 0.3) is 11.3 Å². The van der Waals surface area contributed by atoms with Gasteiger partial charge in [-0.25, -0.2) is 9.56 Å². The van der Waals surface area contributed by atoms with Crippen molar-refractivity contribution in [3.63, 3.8) is 0 Å². The van der Waals surface area contributed by atoms with Crippen molar-refractivity contribution in [2.24, 2.45) is 4.99 Å². The monoisotopic (exact) mass is 350 g/mol. The van der Waals surface area contributed by atoms with Crippen molar-refractivity contribution < 1.29 is 9.90 Å². The highest BCUT2D eigenvalue weighted by Crippen LogP contribution is 2.31. The minimum atomic E-state index is -0.439. The van der Waals surface area contributed by atoms with Crippen LogP contribution in [-0.4, -0.2) is 15.6 Å². The lowest BCUT2D eigenvalue weighted by atomic mass is 10.1. The smallest absolute Gasteiger partial charge is 0.315 e. The number of amides is 1. The van der Waals surface area contributed by atoms with E-state index in [9.17, 15) is 14.7 Å². The van der Waals surface area contributed by atoms with Crippen molar-refractivity contribution in [3.05, 3.63) is 78.7 Å². The number of fused-ring (bicyclic) bond motifs is 1. The summed E-state index contributed by atoms with van der Waals surface area (Å²) in [6.07, 6.45) is 0. The van der Waals surface area contributed by atoms with E-state index >= 15 is 0 Å². The van der Waals surface area contributed by atoms with Gasteiger partial charge in [0.25, 0.3) is 5.91 Å². The number of aromatic hydroxyl groups is 1. The number of rotatable bonds is 2. The Kier molecular flexibility index (Phi) is 3.43. The Morgan fingerprint density at radius 3 is 2.60 bits per heavy atom. The molecule has 0 radical (unpaired) electrons. The Hall–Kier alpha value is -2.99. The third kappa shape index (κ3) is 2.26. The molecule has 6 heteroatoms. The largest absolute Gasteiger partial charge is 0.493 e. The molecular formula is C19H14N2O3S. The first-order chi connectivity index (χ1) is 12.0. The number of para-hydroxylation sites is 1. The zero-order valence-corrected chi connectivity index (χ0v) is 14.4. The number of carbonyl (C=O) groups is 1. The van der Waals surface area contributed by atoms with Gasteiger partial charge in [0.05, 0.1) is 16.6 Å². The maximum absolute atomic E-state index is 12.6. The number of thiazole rings is 1. The Labute approximate surface area is 146 Å². The number of aromatic nitrogens is 1. The van der Waals surface area contributed by atoms with E-state index in [0.29, 0.717) is 16.3 Å². The molecule has 1 amide bonds. The minimum absolute atomic E-state index is 0.223. The fourth-order valence-corrected chi connectivity index (χ4v) is 3.93. The highest BCUT2D eigenvalue weighted by Gasteiger charge is 2.26. The van der Waals surface area contributed by atoms with Crippen LogP contribution in [0.4, 0.5) is 0 Å². The number of aryl methyl sites for hydroxylation is 1. The van der Waals surface area contributed by atoms with Gasteiger partial charge in [0.2, 0.25) is 5.88 Å². The lowest BCUT2D eigenvalue weighted by Gasteiger charge is -2.10. The predicted molar refractivity (Wildman–Crippen MR) is 95.8 cm³/mol. The molecule has 124 valence electrons. The maximum Gasteiger partial charge on any atom is 0.315 e. The molecule has 1 aliphatic rings. The summed E-state index contributed by atoms with van der Waals surface area (Å²) in [6, 6.07) is 12.7. The van der Waals surface area contributed by atoms with Gasteiger partial charge in [-0.1, -0.05) is 41.7 Å². The minimum Gasteiger partial charge on any atom is -0.493 e. The lowest BCUT2D eigenvalue weighted by molar-refractivity contribution is -0.112. The van der Waals surface area contributed by atoms with E-state index < -0.39 is 5.91 Å². The van der Waals surface area contributed by atoms with Crippen molar-refractivity contribution >= 4 is 22.8 Å². The number of nitrogens with zero attached hydrogens (tertiary/aromatic N) is 2. The molecule has 1 N–H and O–H groups in total. The van der Waals surface area contributed by atoms with Crippen LogP contribution in [0.1, 0.15) is 16.0 Å². The van der Waals surface area contributed by atoms with Gasteiger partial charge in [-0.3, -0.25) is 9.59 Å². The summed E-state index contributed by atoms with van der Waals surface area (Å²) in [5.41, 5.74) is 2.80. The van der Waals surface area contributed by atoms with Gasteiger partial charge >= 0.3 is 4.87 Å². The molecule has 0 aliphatic carbocycles. The Morgan fingerprint density at radius 2 is 1.80 bits per heavy atom. The topological polar surface area (TPSA) is 71.7 Å². The zero-order chi connectivity index (χ0) is 17.7. The van der Waals surface area contributed by atoms with E-state index in [1.165, 1.54) is 4.57 Å². The second kappa shape index (κ2) is 5.53. The molecule has 0 saturated heterocycles. The highest BCUT2D eigenvalue weighted by atomic mass is 32.1. The van der Waals surface area contributed by atoms with Gasteiger partial charge in [0.1, 0.15) is 4.88 Å². The second-order valence-corrected chi connectivity index (χ2v) is 6.85. The number of hydrogen-bond acceptors (Lipinski definition) is 4. The molecule has 1 aromatic heterocycles. The second-order valence-electron chi connectivity index (χ2n) is 5.88. The molecule has 4 rings (SSSR count). The summed E-state index contributed by atoms with van der Waals surface area (Å²) in [7, 11) is 0. The van der Waals surface area contributed by atoms with Crippen LogP contribution >= 0.6 is 11.3 Å². The van der Waals surface area contributed by atoms with Gasteiger partial charge < -0.3 is 5.11 Å². The number of benzene rings is 2. The normalized spacial score (nSPS) is 13.0. The molecular weight excluding hydrogens is 336 g/mol. The van der Waals surface area contributed by atoms with Crippen LogP contribution < -0.4 is 15.4 Å². The van der Waals surface area contributed by atoms with E-state index in [1.807, 2.05) is 26.0 Å². The average molecular weight is 350 g/mol. The summed E-state index contributed by atoms with van der Waals surface area (Å²) in [5.74, 6) is -0.662. The van der Waals surface area contributed by atoms with E-state index in [-0.39, 0.29) is 21.2 Å².